The van der Waals surface area contributed by atoms with Crippen LogP contribution in [-0.2, 0) is 0 Å². The van der Waals surface area contributed by atoms with Gasteiger partial charge < -0.3 is 10.8 Å². The molecule has 1 aromatic carbocycles. The topological polar surface area (TPSA) is 46.2 Å². The summed E-state index contributed by atoms with van der Waals surface area (Å²) in [6.07, 6.45) is 2.29. The van der Waals surface area contributed by atoms with Crippen LogP contribution in [0.1, 0.15) is 24.4 Å². The average Bonchev–Trinajstić information content (AvgIpc) is 2.93. The zero-order valence-corrected chi connectivity index (χ0v) is 9.85. The van der Waals surface area contributed by atoms with Crippen molar-refractivity contribution in [1.29, 1.82) is 0 Å². The Morgan fingerprint density at radius 2 is 2.14 bits per heavy atom. The summed E-state index contributed by atoms with van der Waals surface area (Å²) in [5.74, 6) is 0.722. The van der Waals surface area contributed by atoms with E-state index in [1.54, 1.807) is 12.1 Å². The molecule has 0 saturated heterocycles. The molecule has 0 radical (unpaired) electrons. The van der Waals surface area contributed by atoms with Crippen molar-refractivity contribution in [2.24, 2.45) is 11.7 Å². The lowest BCUT2D eigenvalue weighted by molar-refractivity contribution is 0.453. The molecule has 1 saturated carbocycles. The van der Waals surface area contributed by atoms with Crippen molar-refractivity contribution < 1.29 is 5.11 Å². The molecule has 1 unspecified atom stereocenters. The van der Waals surface area contributed by atoms with Crippen molar-refractivity contribution in [3.8, 4) is 5.75 Å². The molecular formula is C10H11BrClNO. The SMILES string of the molecule is NC(c1cc(Cl)cc(Br)c1O)C1CC1. The molecule has 0 bridgehead atoms. The third-order valence-electron chi connectivity index (χ3n) is 2.55. The quantitative estimate of drug-likeness (QED) is 0.871. The largest absolute Gasteiger partial charge is 0.506 e. The van der Waals surface area contributed by atoms with Gasteiger partial charge in [0.1, 0.15) is 5.75 Å². The second-order valence-corrected chi connectivity index (χ2v) is 4.98. The van der Waals surface area contributed by atoms with Gasteiger partial charge in [-0.05, 0) is 46.8 Å². The molecule has 0 spiro atoms. The molecule has 1 aliphatic rings. The molecule has 1 aromatic rings. The predicted octanol–water partition coefficient (Wildman–Crippen LogP) is 3.22. The number of halogens is 2. The van der Waals surface area contributed by atoms with Crippen LogP contribution in [0, 0.1) is 5.92 Å². The first-order chi connectivity index (χ1) is 6.59. The normalized spacial score (nSPS) is 18.2. The van der Waals surface area contributed by atoms with Crippen molar-refractivity contribution >= 4 is 27.5 Å². The molecule has 14 heavy (non-hydrogen) atoms. The van der Waals surface area contributed by atoms with E-state index in [0.29, 0.717) is 15.4 Å². The van der Waals surface area contributed by atoms with Gasteiger partial charge in [0.15, 0.2) is 0 Å². The van der Waals surface area contributed by atoms with Crippen LogP contribution in [0.2, 0.25) is 5.02 Å². The van der Waals surface area contributed by atoms with Gasteiger partial charge in [-0.15, -0.1) is 0 Å². The van der Waals surface area contributed by atoms with Gasteiger partial charge in [0.05, 0.1) is 4.47 Å². The number of hydrogen-bond acceptors (Lipinski definition) is 2. The summed E-state index contributed by atoms with van der Waals surface area (Å²) in [7, 11) is 0. The number of rotatable bonds is 2. The highest BCUT2D eigenvalue weighted by atomic mass is 79.9. The van der Waals surface area contributed by atoms with E-state index in [-0.39, 0.29) is 11.8 Å². The Kier molecular flexibility index (Phi) is 2.73. The Labute approximate surface area is 96.2 Å². The first-order valence-corrected chi connectivity index (χ1v) is 5.70. The van der Waals surface area contributed by atoms with E-state index in [0.717, 1.165) is 18.4 Å². The molecule has 1 atom stereocenters. The van der Waals surface area contributed by atoms with Crippen LogP contribution < -0.4 is 5.73 Å². The Morgan fingerprint density at radius 3 is 2.71 bits per heavy atom. The third kappa shape index (κ3) is 1.90. The predicted molar refractivity (Wildman–Crippen MR) is 60.5 cm³/mol. The number of nitrogens with two attached hydrogens (primary N) is 1. The molecule has 0 amide bonds. The van der Waals surface area contributed by atoms with Gasteiger partial charge in [-0.2, -0.15) is 0 Å². The van der Waals surface area contributed by atoms with Crippen molar-refractivity contribution in [3.63, 3.8) is 0 Å². The maximum atomic E-state index is 9.78. The summed E-state index contributed by atoms with van der Waals surface area (Å²) in [6, 6.07) is 3.31. The third-order valence-corrected chi connectivity index (χ3v) is 3.37. The van der Waals surface area contributed by atoms with Gasteiger partial charge >= 0.3 is 0 Å². The molecule has 4 heteroatoms. The lowest BCUT2D eigenvalue weighted by atomic mass is 10.0. The van der Waals surface area contributed by atoms with Gasteiger partial charge in [-0.25, -0.2) is 0 Å². The van der Waals surface area contributed by atoms with E-state index in [9.17, 15) is 5.11 Å². The average molecular weight is 277 g/mol. The van der Waals surface area contributed by atoms with Gasteiger partial charge in [0, 0.05) is 16.6 Å². The van der Waals surface area contributed by atoms with Crippen LogP contribution in [0.4, 0.5) is 0 Å². The molecule has 2 nitrogen and oxygen atoms in total. The molecule has 2 rings (SSSR count). The maximum absolute atomic E-state index is 9.78. The smallest absolute Gasteiger partial charge is 0.134 e. The highest BCUT2D eigenvalue weighted by molar-refractivity contribution is 9.10. The molecular weight excluding hydrogens is 265 g/mol. The van der Waals surface area contributed by atoms with E-state index in [4.69, 9.17) is 17.3 Å². The van der Waals surface area contributed by atoms with Crippen LogP contribution >= 0.6 is 27.5 Å². The summed E-state index contributed by atoms with van der Waals surface area (Å²) >= 11 is 9.14. The fourth-order valence-electron chi connectivity index (χ4n) is 1.55. The minimum absolute atomic E-state index is 0.0926. The van der Waals surface area contributed by atoms with Crippen LogP contribution in [-0.4, -0.2) is 5.11 Å². The van der Waals surface area contributed by atoms with Crippen molar-refractivity contribution in [3.05, 3.63) is 27.2 Å². The zero-order chi connectivity index (χ0) is 10.3. The Hall–Kier alpha value is -0.250. The monoisotopic (exact) mass is 275 g/mol. The molecule has 1 fully saturated rings. The summed E-state index contributed by atoms with van der Waals surface area (Å²) < 4.78 is 0.608. The fraction of sp³-hybridized carbons (Fsp3) is 0.400. The summed E-state index contributed by atoms with van der Waals surface area (Å²) in [4.78, 5) is 0. The number of phenolic OH excluding ortho intramolecular Hbond substituents is 1. The van der Waals surface area contributed by atoms with Crippen molar-refractivity contribution in [2.75, 3.05) is 0 Å². The second-order valence-electron chi connectivity index (χ2n) is 3.69. The molecule has 0 heterocycles. The first-order valence-electron chi connectivity index (χ1n) is 4.53. The Balaban J connectivity index is 2.39. The number of benzene rings is 1. The number of hydrogen-bond donors (Lipinski definition) is 2. The minimum atomic E-state index is -0.0926. The highest BCUT2D eigenvalue weighted by Crippen LogP contribution is 2.44. The Morgan fingerprint density at radius 1 is 1.50 bits per heavy atom. The summed E-state index contributed by atoms with van der Waals surface area (Å²) in [6.45, 7) is 0. The second kappa shape index (κ2) is 3.72. The molecule has 0 aliphatic heterocycles. The van der Waals surface area contributed by atoms with Crippen molar-refractivity contribution in [2.45, 2.75) is 18.9 Å². The fourth-order valence-corrected chi connectivity index (χ4v) is 2.38. The zero-order valence-electron chi connectivity index (χ0n) is 7.50. The summed E-state index contributed by atoms with van der Waals surface area (Å²) in [5.41, 5.74) is 6.74. The standard InChI is InChI=1S/C10H11BrClNO/c11-8-4-6(12)3-7(10(8)14)9(13)5-1-2-5/h3-5,9,14H,1-2,13H2. The summed E-state index contributed by atoms with van der Waals surface area (Å²) in [5, 5.41) is 10.4. The minimum Gasteiger partial charge on any atom is -0.506 e. The van der Waals surface area contributed by atoms with E-state index in [1.807, 2.05) is 0 Å². The van der Waals surface area contributed by atoms with Crippen molar-refractivity contribution in [1.82, 2.24) is 0 Å². The van der Waals surface area contributed by atoms with E-state index in [1.165, 1.54) is 0 Å². The van der Waals surface area contributed by atoms with Gasteiger partial charge in [0.2, 0.25) is 0 Å². The van der Waals surface area contributed by atoms with E-state index in [2.05, 4.69) is 15.9 Å². The molecule has 3 N–H and O–H groups in total. The van der Waals surface area contributed by atoms with Gasteiger partial charge in [-0.3, -0.25) is 0 Å². The Bertz CT molecular complexity index is 365. The number of phenols is 1. The molecule has 1 aliphatic carbocycles. The van der Waals surface area contributed by atoms with E-state index >= 15 is 0 Å². The van der Waals surface area contributed by atoms with Crippen LogP contribution in [0.3, 0.4) is 0 Å². The van der Waals surface area contributed by atoms with Gasteiger partial charge in [-0.1, -0.05) is 11.6 Å². The number of aromatic hydroxyl groups is 1. The lowest BCUT2D eigenvalue weighted by Gasteiger charge is -2.14. The van der Waals surface area contributed by atoms with E-state index < -0.39 is 0 Å². The molecule has 0 aromatic heterocycles. The molecule has 76 valence electrons. The van der Waals surface area contributed by atoms with Crippen LogP contribution in [0.25, 0.3) is 0 Å². The first kappa shape index (κ1) is 10.3. The van der Waals surface area contributed by atoms with Gasteiger partial charge in [0.25, 0.3) is 0 Å². The van der Waals surface area contributed by atoms with Crippen LogP contribution in [0.15, 0.2) is 16.6 Å². The lowest BCUT2D eigenvalue weighted by Crippen LogP contribution is -2.12. The van der Waals surface area contributed by atoms with Crippen LogP contribution in [0.5, 0.6) is 5.75 Å². The maximum Gasteiger partial charge on any atom is 0.134 e. The highest BCUT2D eigenvalue weighted by Gasteiger charge is 2.31.